The molecule has 1 aromatic carbocycles. The fraction of sp³-hybridized carbons (Fsp3) is 0.300. The second-order valence-electron chi connectivity index (χ2n) is 2.86. The molecular weight excluding hydrogens is 244 g/mol. The number of methoxy groups -OCH3 is 1. The number of nitriles is 1. The summed E-state index contributed by atoms with van der Waals surface area (Å²) < 4.78 is 5.98. The average molecular weight is 255 g/mol. The minimum atomic E-state index is -0.274. The number of hydrogen-bond donors (Lipinski definition) is 1. The highest BCUT2D eigenvalue weighted by Crippen LogP contribution is 2.27. The molecule has 0 fully saturated rings. The van der Waals surface area contributed by atoms with Crippen molar-refractivity contribution in [2.75, 3.05) is 7.11 Å². The fourth-order valence-electron chi connectivity index (χ4n) is 1.14. The first-order valence-electron chi connectivity index (χ1n) is 4.15. The van der Waals surface area contributed by atoms with Gasteiger partial charge in [0.1, 0.15) is 5.75 Å². The van der Waals surface area contributed by atoms with Crippen LogP contribution in [0, 0.1) is 11.3 Å². The zero-order valence-corrected chi connectivity index (χ0v) is 9.41. The molecule has 0 aliphatic heterocycles. The molecule has 0 amide bonds. The minimum Gasteiger partial charge on any atom is -0.497 e. The zero-order chi connectivity index (χ0) is 10.6. The lowest BCUT2D eigenvalue weighted by molar-refractivity contribution is 0.413. The third-order valence-electron chi connectivity index (χ3n) is 1.91. The Hall–Kier alpha value is -1.05. The molecule has 4 heteroatoms. The maximum atomic E-state index is 8.54. The summed E-state index contributed by atoms with van der Waals surface area (Å²) in [5.74, 6) is 0.747. The van der Waals surface area contributed by atoms with Gasteiger partial charge < -0.3 is 10.5 Å². The summed E-state index contributed by atoms with van der Waals surface area (Å²) in [6.45, 7) is 0. The summed E-state index contributed by atoms with van der Waals surface area (Å²) in [5, 5.41) is 8.54. The van der Waals surface area contributed by atoms with Crippen molar-refractivity contribution in [3.8, 4) is 11.8 Å². The Balaban J connectivity index is 3.00. The second kappa shape index (κ2) is 4.99. The minimum absolute atomic E-state index is 0.274. The largest absolute Gasteiger partial charge is 0.497 e. The topological polar surface area (TPSA) is 59.0 Å². The Kier molecular flexibility index (Phi) is 3.93. The highest BCUT2D eigenvalue weighted by Gasteiger charge is 2.10. The van der Waals surface area contributed by atoms with Gasteiger partial charge in [0, 0.05) is 10.5 Å². The zero-order valence-electron chi connectivity index (χ0n) is 7.83. The molecule has 1 rings (SSSR count). The van der Waals surface area contributed by atoms with Crippen LogP contribution in [0.15, 0.2) is 22.7 Å². The van der Waals surface area contributed by atoms with E-state index in [1.165, 1.54) is 0 Å². The standard InChI is InChI=1S/C10H11BrN2O/c1-14-7-2-3-9(11)8(6-7)10(13)4-5-12/h2-3,6,10H,4,13H2,1H3/t10-/m0/s1. The van der Waals surface area contributed by atoms with E-state index in [0.29, 0.717) is 6.42 Å². The molecule has 1 atom stereocenters. The molecule has 2 N–H and O–H groups in total. The van der Waals surface area contributed by atoms with Crippen LogP contribution in [-0.4, -0.2) is 7.11 Å². The first-order valence-corrected chi connectivity index (χ1v) is 4.94. The molecular formula is C10H11BrN2O. The average Bonchev–Trinajstić information content (AvgIpc) is 2.19. The van der Waals surface area contributed by atoms with Gasteiger partial charge in [-0.05, 0) is 23.8 Å². The number of nitrogens with zero attached hydrogens (tertiary/aromatic N) is 1. The molecule has 3 nitrogen and oxygen atoms in total. The monoisotopic (exact) mass is 254 g/mol. The molecule has 1 aromatic rings. The Morgan fingerprint density at radius 3 is 2.93 bits per heavy atom. The molecule has 0 heterocycles. The number of rotatable bonds is 3. The third kappa shape index (κ3) is 2.47. The van der Waals surface area contributed by atoms with E-state index in [1.54, 1.807) is 7.11 Å². The molecule has 0 saturated carbocycles. The third-order valence-corrected chi connectivity index (χ3v) is 2.64. The van der Waals surface area contributed by atoms with Gasteiger partial charge in [0.15, 0.2) is 0 Å². The van der Waals surface area contributed by atoms with Crippen molar-refractivity contribution >= 4 is 15.9 Å². The van der Waals surface area contributed by atoms with Crippen molar-refractivity contribution in [1.29, 1.82) is 5.26 Å². The smallest absolute Gasteiger partial charge is 0.119 e. The molecule has 0 unspecified atom stereocenters. The van der Waals surface area contributed by atoms with E-state index in [9.17, 15) is 0 Å². The molecule has 0 aliphatic carbocycles. The quantitative estimate of drug-likeness (QED) is 0.901. The second-order valence-corrected chi connectivity index (χ2v) is 3.71. The van der Waals surface area contributed by atoms with Crippen molar-refractivity contribution in [3.63, 3.8) is 0 Å². The normalized spacial score (nSPS) is 11.9. The van der Waals surface area contributed by atoms with E-state index < -0.39 is 0 Å². The molecule has 0 saturated heterocycles. The van der Waals surface area contributed by atoms with E-state index in [1.807, 2.05) is 24.3 Å². The van der Waals surface area contributed by atoms with Crippen LogP contribution < -0.4 is 10.5 Å². The lowest BCUT2D eigenvalue weighted by Crippen LogP contribution is -2.10. The maximum absolute atomic E-state index is 8.54. The van der Waals surface area contributed by atoms with E-state index in [0.717, 1.165) is 15.8 Å². The Bertz CT molecular complexity index is 360. The van der Waals surface area contributed by atoms with Crippen molar-refractivity contribution < 1.29 is 4.74 Å². The van der Waals surface area contributed by atoms with Crippen LogP contribution in [0.3, 0.4) is 0 Å². The van der Waals surface area contributed by atoms with Crippen molar-refractivity contribution in [3.05, 3.63) is 28.2 Å². The summed E-state index contributed by atoms with van der Waals surface area (Å²) in [4.78, 5) is 0. The van der Waals surface area contributed by atoms with Crippen LogP contribution in [-0.2, 0) is 0 Å². The highest BCUT2D eigenvalue weighted by atomic mass is 79.9. The predicted molar refractivity (Wildman–Crippen MR) is 57.9 cm³/mol. The van der Waals surface area contributed by atoms with Crippen LogP contribution in [0.5, 0.6) is 5.75 Å². The first kappa shape index (κ1) is 11.0. The number of hydrogen-bond acceptors (Lipinski definition) is 3. The van der Waals surface area contributed by atoms with Crippen LogP contribution in [0.25, 0.3) is 0 Å². The van der Waals surface area contributed by atoms with Crippen LogP contribution in [0.1, 0.15) is 18.0 Å². The lowest BCUT2D eigenvalue weighted by Gasteiger charge is -2.11. The summed E-state index contributed by atoms with van der Waals surface area (Å²) in [5.41, 5.74) is 6.72. The molecule has 0 aliphatic rings. The molecule has 0 bridgehead atoms. The van der Waals surface area contributed by atoms with E-state index >= 15 is 0 Å². The number of halogens is 1. The fourth-order valence-corrected chi connectivity index (χ4v) is 1.68. The predicted octanol–water partition coefficient (Wildman–Crippen LogP) is 2.37. The van der Waals surface area contributed by atoms with Crippen LogP contribution in [0.4, 0.5) is 0 Å². The number of ether oxygens (including phenoxy) is 1. The van der Waals surface area contributed by atoms with Gasteiger partial charge in [-0.25, -0.2) is 0 Å². The summed E-state index contributed by atoms with van der Waals surface area (Å²) in [7, 11) is 1.60. The SMILES string of the molecule is COc1ccc(Br)c([C@@H](N)CC#N)c1. The van der Waals surface area contributed by atoms with Gasteiger partial charge in [-0.2, -0.15) is 5.26 Å². The Morgan fingerprint density at radius 2 is 2.36 bits per heavy atom. The molecule has 74 valence electrons. The van der Waals surface area contributed by atoms with E-state index in [2.05, 4.69) is 15.9 Å². The number of benzene rings is 1. The number of nitrogens with two attached hydrogens (primary N) is 1. The summed E-state index contributed by atoms with van der Waals surface area (Å²) in [6, 6.07) is 7.32. The van der Waals surface area contributed by atoms with Gasteiger partial charge in [-0.1, -0.05) is 15.9 Å². The lowest BCUT2D eigenvalue weighted by atomic mass is 10.1. The van der Waals surface area contributed by atoms with Gasteiger partial charge >= 0.3 is 0 Å². The van der Waals surface area contributed by atoms with E-state index in [-0.39, 0.29) is 6.04 Å². The van der Waals surface area contributed by atoms with Crippen molar-refractivity contribution in [1.82, 2.24) is 0 Å². The van der Waals surface area contributed by atoms with Crippen LogP contribution >= 0.6 is 15.9 Å². The van der Waals surface area contributed by atoms with Gasteiger partial charge in [-0.15, -0.1) is 0 Å². The van der Waals surface area contributed by atoms with Crippen molar-refractivity contribution in [2.45, 2.75) is 12.5 Å². The molecule has 14 heavy (non-hydrogen) atoms. The summed E-state index contributed by atoms with van der Waals surface area (Å²) in [6.07, 6.45) is 0.297. The van der Waals surface area contributed by atoms with Gasteiger partial charge in [0.05, 0.1) is 19.6 Å². The van der Waals surface area contributed by atoms with Gasteiger partial charge in [0.2, 0.25) is 0 Å². The van der Waals surface area contributed by atoms with Gasteiger partial charge in [0.25, 0.3) is 0 Å². The van der Waals surface area contributed by atoms with Crippen LogP contribution in [0.2, 0.25) is 0 Å². The molecule has 0 radical (unpaired) electrons. The van der Waals surface area contributed by atoms with E-state index in [4.69, 9.17) is 15.7 Å². The Labute approximate surface area is 91.6 Å². The van der Waals surface area contributed by atoms with Gasteiger partial charge in [-0.3, -0.25) is 0 Å². The highest BCUT2D eigenvalue weighted by molar-refractivity contribution is 9.10. The molecule has 0 aromatic heterocycles. The Morgan fingerprint density at radius 1 is 1.64 bits per heavy atom. The maximum Gasteiger partial charge on any atom is 0.119 e. The first-order chi connectivity index (χ1) is 6.69. The van der Waals surface area contributed by atoms with Crippen molar-refractivity contribution in [2.24, 2.45) is 5.73 Å². The summed E-state index contributed by atoms with van der Waals surface area (Å²) >= 11 is 3.39. The molecule has 0 spiro atoms.